The SMILES string of the molecule is COc1ccc2c([c]1[Zr]([C]1=CC=CC1)=[C](c1ccccc1)c1ccccc1)Cc1ccccc1-2. The van der Waals surface area contributed by atoms with Crippen LogP contribution in [0.1, 0.15) is 28.7 Å². The summed E-state index contributed by atoms with van der Waals surface area (Å²) in [5, 5.41) is 0. The van der Waals surface area contributed by atoms with E-state index in [9.17, 15) is 0 Å². The van der Waals surface area contributed by atoms with Crippen LogP contribution in [0.25, 0.3) is 11.1 Å². The van der Waals surface area contributed by atoms with E-state index in [1.807, 2.05) is 7.11 Å². The van der Waals surface area contributed by atoms with Crippen molar-refractivity contribution in [1.82, 2.24) is 0 Å². The van der Waals surface area contributed by atoms with Crippen molar-refractivity contribution < 1.29 is 26.0 Å². The number of ether oxygens (including phenoxy) is 1. The molecular weight excluding hydrogens is 492 g/mol. The second-order valence-electron chi connectivity index (χ2n) is 8.81. The van der Waals surface area contributed by atoms with Gasteiger partial charge in [0, 0.05) is 0 Å². The van der Waals surface area contributed by atoms with E-state index in [1.165, 1.54) is 39.9 Å². The van der Waals surface area contributed by atoms with Crippen molar-refractivity contribution in [2.45, 2.75) is 12.8 Å². The third-order valence-corrected chi connectivity index (χ3v) is 14.6. The molecule has 0 N–H and O–H groups in total. The molecule has 0 heterocycles. The van der Waals surface area contributed by atoms with Crippen LogP contribution < -0.4 is 8.01 Å². The summed E-state index contributed by atoms with van der Waals surface area (Å²) in [4.78, 5) is 0. The summed E-state index contributed by atoms with van der Waals surface area (Å²) in [6.07, 6.45) is 8.97. The van der Waals surface area contributed by atoms with E-state index in [4.69, 9.17) is 4.74 Å². The maximum atomic E-state index is 6.12. The molecular formula is C32H26OZr. The molecule has 0 bridgehead atoms. The van der Waals surface area contributed by atoms with Gasteiger partial charge in [0.05, 0.1) is 0 Å². The van der Waals surface area contributed by atoms with Gasteiger partial charge in [-0.25, -0.2) is 0 Å². The number of methoxy groups -OCH3 is 1. The molecule has 6 rings (SSSR count). The predicted molar refractivity (Wildman–Crippen MR) is 139 cm³/mol. The van der Waals surface area contributed by atoms with Gasteiger partial charge >= 0.3 is 210 Å². The van der Waals surface area contributed by atoms with Gasteiger partial charge in [-0.2, -0.15) is 0 Å². The Labute approximate surface area is 209 Å². The Hall–Kier alpha value is -3.09. The molecule has 0 aliphatic heterocycles. The molecule has 0 amide bonds. The van der Waals surface area contributed by atoms with E-state index in [-0.39, 0.29) is 0 Å². The molecule has 0 radical (unpaired) electrons. The van der Waals surface area contributed by atoms with E-state index in [0.29, 0.717) is 0 Å². The Morgan fingerprint density at radius 3 is 2.06 bits per heavy atom. The number of benzene rings is 4. The van der Waals surface area contributed by atoms with E-state index >= 15 is 0 Å². The summed E-state index contributed by atoms with van der Waals surface area (Å²) in [6.45, 7) is 0. The van der Waals surface area contributed by atoms with Crippen LogP contribution in [-0.4, -0.2) is 10.3 Å². The molecule has 0 saturated carbocycles. The van der Waals surface area contributed by atoms with Crippen LogP contribution in [0.3, 0.4) is 0 Å². The van der Waals surface area contributed by atoms with Gasteiger partial charge < -0.3 is 0 Å². The van der Waals surface area contributed by atoms with Crippen LogP contribution in [0, 0.1) is 0 Å². The van der Waals surface area contributed by atoms with Gasteiger partial charge in [-0.15, -0.1) is 0 Å². The number of fused-ring (bicyclic) bond motifs is 3. The second-order valence-corrected chi connectivity index (χ2v) is 14.7. The van der Waals surface area contributed by atoms with Crippen LogP contribution in [0.5, 0.6) is 5.75 Å². The molecule has 2 aliphatic carbocycles. The van der Waals surface area contributed by atoms with Crippen LogP contribution in [0.2, 0.25) is 0 Å². The average molecular weight is 518 g/mol. The average Bonchev–Trinajstić information content (AvgIpc) is 3.56. The van der Waals surface area contributed by atoms with Crippen molar-refractivity contribution in [2.75, 3.05) is 7.11 Å². The van der Waals surface area contributed by atoms with Gasteiger partial charge in [-0.1, -0.05) is 0 Å². The van der Waals surface area contributed by atoms with Crippen LogP contribution in [0.15, 0.2) is 119 Å². The van der Waals surface area contributed by atoms with E-state index in [0.717, 1.165) is 18.6 Å². The van der Waals surface area contributed by atoms with Gasteiger partial charge in [-0.3, -0.25) is 0 Å². The first kappa shape index (κ1) is 21.4. The minimum atomic E-state index is -2.67. The summed E-state index contributed by atoms with van der Waals surface area (Å²) < 4.78 is 10.7. The zero-order chi connectivity index (χ0) is 22.9. The fourth-order valence-corrected chi connectivity index (χ4v) is 13.6. The van der Waals surface area contributed by atoms with Crippen molar-refractivity contribution in [3.8, 4) is 16.9 Å². The minimum absolute atomic E-state index is 0.986. The summed E-state index contributed by atoms with van der Waals surface area (Å²) in [7, 11) is 1.83. The number of allylic oxidation sites excluding steroid dienone is 4. The molecule has 2 aliphatic rings. The fraction of sp³-hybridized carbons (Fsp3) is 0.0938. The van der Waals surface area contributed by atoms with Crippen molar-refractivity contribution in [2.24, 2.45) is 0 Å². The predicted octanol–water partition coefficient (Wildman–Crippen LogP) is 6.62. The Kier molecular flexibility index (Phi) is 5.85. The van der Waals surface area contributed by atoms with Crippen LogP contribution >= 0.6 is 0 Å². The van der Waals surface area contributed by atoms with Crippen molar-refractivity contribution in [3.05, 3.63) is 141 Å². The van der Waals surface area contributed by atoms with Crippen molar-refractivity contribution in [1.29, 1.82) is 0 Å². The van der Waals surface area contributed by atoms with Gasteiger partial charge in [0.25, 0.3) is 0 Å². The molecule has 0 aromatic heterocycles. The van der Waals surface area contributed by atoms with Crippen LogP contribution in [0.4, 0.5) is 0 Å². The summed E-state index contributed by atoms with van der Waals surface area (Å²) >= 11 is -2.67. The summed E-state index contributed by atoms with van der Waals surface area (Å²) in [5.41, 5.74) is 8.35. The first-order chi connectivity index (χ1) is 16.8. The van der Waals surface area contributed by atoms with Crippen molar-refractivity contribution >= 4 is 6.48 Å². The van der Waals surface area contributed by atoms with Crippen LogP contribution in [-0.2, 0) is 27.7 Å². The van der Waals surface area contributed by atoms with Gasteiger partial charge in [0.1, 0.15) is 0 Å². The molecule has 0 fully saturated rings. The van der Waals surface area contributed by atoms with Gasteiger partial charge in [0.15, 0.2) is 0 Å². The standard InChI is InChI=1S/C14H11O.C13H10.C5H5.Zr/c1-15-12-6-7-14-11(9-12)8-10-4-2-3-5-13(10)14;1-3-7-12(8-4-1)11-13-9-5-2-6-10-13;1-2-4-5-3-1;/h2-7H,8H2,1H3;1-10H;1-3H,4H2;. The molecule has 0 unspecified atom stereocenters. The Bertz CT molecular complexity index is 1420. The van der Waals surface area contributed by atoms with Gasteiger partial charge in [0.2, 0.25) is 0 Å². The number of hydrogen-bond donors (Lipinski definition) is 0. The van der Waals surface area contributed by atoms with Gasteiger partial charge in [-0.05, 0) is 0 Å². The molecule has 4 aromatic rings. The number of hydrogen-bond acceptors (Lipinski definition) is 1. The van der Waals surface area contributed by atoms with E-state index < -0.39 is 21.3 Å². The maximum absolute atomic E-state index is 6.12. The molecule has 1 nitrogen and oxygen atoms in total. The third kappa shape index (κ3) is 3.71. The topological polar surface area (TPSA) is 9.23 Å². The second kappa shape index (κ2) is 9.28. The molecule has 164 valence electrons. The molecule has 0 spiro atoms. The first-order valence-electron chi connectivity index (χ1n) is 11.8. The Morgan fingerprint density at radius 2 is 1.41 bits per heavy atom. The monoisotopic (exact) mass is 516 g/mol. The molecule has 0 saturated heterocycles. The van der Waals surface area contributed by atoms with Crippen molar-refractivity contribution in [3.63, 3.8) is 0 Å². The normalized spacial score (nSPS) is 13.3. The molecule has 2 heteroatoms. The fourth-order valence-electron chi connectivity index (χ4n) is 5.38. The number of rotatable bonds is 5. The van der Waals surface area contributed by atoms with E-state index in [1.54, 1.807) is 3.28 Å². The Balaban J connectivity index is 1.73. The summed E-state index contributed by atoms with van der Waals surface area (Å²) in [6, 6.07) is 35.4. The zero-order valence-corrected chi connectivity index (χ0v) is 21.8. The zero-order valence-electron chi connectivity index (χ0n) is 19.3. The summed E-state index contributed by atoms with van der Waals surface area (Å²) in [5.74, 6) is 1.05. The quantitative estimate of drug-likeness (QED) is 0.254. The molecule has 0 atom stereocenters. The molecule has 34 heavy (non-hydrogen) atoms. The molecule has 4 aromatic carbocycles. The first-order valence-corrected chi connectivity index (χ1v) is 15.5. The van der Waals surface area contributed by atoms with E-state index in [2.05, 4.69) is 115 Å². The third-order valence-electron chi connectivity index (χ3n) is 6.89. The Morgan fingerprint density at radius 1 is 0.735 bits per heavy atom.